The van der Waals surface area contributed by atoms with Crippen molar-refractivity contribution < 1.29 is 5.11 Å². The Labute approximate surface area is 101 Å². The predicted molar refractivity (Wildman–Crippen MR) is 68.9 cm³/mol. The number of fused-ring (bicyclic) bond motifs is 1. The lowest BCUT2D eigenvalue weighted by atomic mass is 10.2. The van der Waals surface area contributed by atoms with E-state index in [1.165, 1.54) is 7.14 Å². The Kier molecular flexibility index (Phi) is 2.48. The molecule has 1 N–H and O–H groups in total. The lowest BCUT2D eigenvalue weighted by Crippen LogP contribution is -1.76. The van der Waals surface area contributed by atoms with Gasteiger partial charge in [-0.15, -0.1) is 11.3 Å². The van der Waals surface area contributed by atoms with Gasteiger partial charge in [-0.25, -0.2) is 0 Å². The summed E-state index contributed by atoms with van der Waals surface area (Å²) in [6, 6.07) is 4.12. The summed E-state index contributed by atoms with van der Waals surface area (Å²) in [5.74, 6) is 0.393. The van der Waals surface area contributed by atoms with Crippen LogP contribution in [0.1, 0.15) is 0 Å². The SMILES string of the molecule is Oc1csc2cc(I)c(I)cc12. The molecule has 0 unspecified atom stereocenters. The van der Waals surface area contributed by atoms with Gasteiger partial charge in [0.2, 0.25) is 0 Å². The Bertz CT molecular complexity index is 436. The number of thiophene rings is 1. The van der Waals surface area contributed by atoms with Crippen LogP contribution in [0.15, 0.2) is 17.5 Å². The molecule has 1 aromatic carbocycles. The third kappa shape index (κ3) is 1.44. The molecular formula is C8H4I2OS. The third-order valence-corrected chi connectivity index (χ3v) is 5.35. The smallest absolute Gasteiger partial charge is 0.134 e. The molecule has 0 saturated carbocycles. The molecule has 0 aliphatic carbocycles. The van der Waals surface area contributed by atoms with Gasteiger partial charge in [0.05, 0.1) is 0 Å². The van der Waals surface area contributed by atoms with E-state index in [0.717, 1.165) is 10.1 Å². The summed E-state index contributed by atoms with van der Waals surface area (Å²) in [6.45, 7) is 0. The second kappa shape index (κ2) is 3.30. The van der Waals surface area contributed by atoms with Crippen molar-refractivity contribution in [2.45, 2.75) is 0 Å². The number of hydrogen-bond donors (Lipinski definition) is 1. The lowest BCUT2D eigenvalue weighted by Gasteiger charge is -1.96. The highest BCUT2D eigenvalue weighted by molar-refractivity contribution is 14.1. The molecule has 2 rings (SSSR count). The van der Waals surface area contributed by atoms with E-state index in [9.17, 15) is 5.11 Å². The molecule has 1 heterocycles. The van der Waals surface area contributed by atoms with E-state index in [4.69, 9.17) is 0 Å². The first kappa shape index (κ1) is 9.01. The van der Waals surface area contributed by atoms with E-state index in [1.54, 1.807) is 16.7 Å². The molecule has 0 bridgehead atoms. The van der Waals surface area contributed by atoms with Crippen LogP contribution in [-0.4, -0.2) is 5.11 Å². The fourth-order valence-corrected chi connectivity index (χ4v) is 3.00. The fourth-order valence-electron chi connectivity index (χ4n) is 1.01. The molecule has 1 aromatic heterocycles. The maximum Gasteiger partial charge on any atom is 0.134 e. The molecular weight excluding hydrogens is 398 g/mol. The largest absolute Gasteiger partial charge is 0.506 e. The van der Waals surface area contributed by atoms with Crippen molar-refractivity contribution >= 4 is 66.6 Å². The van der Waals surface area contributed by atoms with Gasteiger partial charge in [0, 0.05) is 22.6 Å². The van der Waals surface area contributed by atoms with Gasteiger partial charge in [0.1, 0.15) is 5.75 Å². The van der Waals surface area contributed by atoms with Crippen molar-refractivity contribution in [3.63, 3.8) is 0 Å². The minimum absolute atomic E-state index is 0.393. The van der Waals surface area contributed by atoms with Gasteiger partial charge in [-0.05, 0) is 57.3 Å². The molecule has 12 heavy (non-hydrogen) atoms. The Morgan fingerprint density at radius 2 is 1.83 bits per heavy atom. The summed E-state index contributed by atoms with van der Waals surface area (Å²) in [7, 11) is 0. The van der Waals surface area contributed by atoms with Crippen LogP contribution < -0.4 is 0 Å². The van der Waals surface area contributed by atoms with Gasteiger partial charge in [-0.3, -0.25) is 0 Å². The topological polar surface area (TPSA) is 20.2 Å². The number of hydrogen-bond acceptors (Lipinski definition) is 2. The molecule has 4 heteroatoms. The summed E-state index contributed by atoms with van der Waals surface area (Å²) in [4.78, 5) is 0. The molecule has 0 radical (unpaired) electrons. The zero-order valence-electron chi connectivity index (χ0n) is 5.84. The number of benzene rings is 1. The Morgan fingerprint density at radius 3 is 2.58 bits per heavy atom. The van der Waals surface area contributed by atoms with Crippen LogP contribution in [0.4, 0.5) is 0 Å². The second-order valence-electron chi connectivity index (χ2n) is 2.38. The van der Waals surface area contributed by atoms with Gasteiger partial charge < -0.3 is 5.11 Å². The maximum absolute atomic E-state index is 9.43. The van der Waals surface area contributed by atoms with Crippen LogP contribution in [0, 0.1) is 7.14 Å². The van der Waals surface area contributed by atoms with Crippen molar-refractivity contribution in [1.82, 2.24) is 0 Å². The van der Waals surface area contributed by atoms with E-state index in [2.05, 4.69) is 51.2 Å². The summed E-state index contributed by atoms with van der Waals surface area (Å²) < 4.78 is 3.58. The quantitative estimate of drug-likeness (QED) is 0.665. The summed E-state index contributed by atoms with van der Waals surface area (Å²) in [6.07, 6.45) is 0. The number of halogens is 2. The molecule has 0 atom stereocenters. The average molecular weight is 402 g/mol. The van der Waals surface area contributed by atoms with E-state index >= 15 is 0 Å². The monoisotopic (exact) mass is 402 g/mol. The van der Waals surface area contributed by atoms with Crippen molar-refractivity contribution in [1.29, 1.82) is 0 Å². The first-order chi connectivity index (χ1) is 5.68. The fraction of sp³-hybridized carbons (Fsp3) is 0. The van der Waals surface area contributed by atoms with Gasteiger partial charge in [-0.1, -0.05) is 0 Å². The highest BCUT2D eigenvalue weighted by Crippen LogP contribution is 2.34. The maximum atomic E-state index is 9.43. The van der Waals surface area contributed by atoms with Gasteiger partial charge in [-0.2, -0.15) is 0 Å². The molecule has 2 aromatic rings. The van der Waals surface area contributed by atoms with Crippen LogP contribution in [-0.2, 0) is 0 Å². The van der Waals surface area contributed by atoms with Crippen LogP contribution in [0.2, 0.25) is 0 Å². The van der Waals surface area contributed by atoms with E-state index in [-0.39, 0.29) is 0 Å². The molecule has 62 valence electrons. The third-order valence-electron chi connectivity index (χ3n) is 1.60. The molecule has 0 aliphatic rings. The zero-order valence-corrected chi connectivity index (χ0v) is 11.0. The van der Waals surface area contributed by atoms with Crippen molar-refractivity contribution in [2.75, 3.05) is 0 Å². The molecule has 0 saturated heterocycles. The average Bonchev–Trinajstić information content (AvgIpc) is 2.35. The van der Waals surface area contributed by atoms with Gasteiger partial charge >= 0.3 is 0 Å². The number of aromatic hydroxyl groups is 1. The summed E-state index contributed by atoms with van der Waals surface area (Å²) in [5, 5.41) is 12.2. The summed E-state index contributed by atoms with van der Waals surface area (Å²) in [5.41, 5.74) is 0. The zero-order chi connectivity index (χ0) is 8.72. The minimum atomic E-state index is 0.393. The van der Waals surface area contributed by atoms with Gasteiger partial charge in [0.15, 0.2) is 0 Å². The molecule has 0 spiro atoms. The summed E-state index contributed by atoms with van der Waals surface area (Å²) >= 11 is 6.15. The van der Waals surface area contributed by atoms with Crippen molar-refractivity contribution in [3.05, 3.63) is 24.7 Å². The molecule has 0 fully saturated rings. The van der Waals surface area contributed by atoms with Crippen LogP contribution >= 0.6 is 56.5 Å². The van der Waals surface area contributed by atoms with Crippen LogP contribution in [0.5, 0.6) is 5.75 Å². The molecule has 0 aliphatic heterocycles. The Balaban J connectivity index is 2.87. The Hall–Kier alpha value is 0.440. The normalized spacial score (nSPS) is 10.8. The Morgan fingerprint density at radius 1 is 1.17 bits per heavy atom. The minimum Gasteiger partial charge on any atom is -0.506 e. The van der Waals surface area contributed by atoms with E-state index < -0.39 is 0 Å². The first-order valence-electron chi connectivity index (χ1n) is 3.23. The van der Waals surface area contributed by atoms with Crippen molar-refractivity contribution in [2.24, 2.45) is 0 Å². The first-order valence-corrected chi connectivity index (χ1v) is 6.27. The van der Waals surface area contributed by atoms with E-state index in [0.29, 0.717) is 5.75 Å². The molecule has 0 amide bonds. The second-order valence-corrected chi connectivity index (χ2v) is 5.62. The highest BCUT2D eigenvalue weighted by Gasteiger charge is 2.05. The van der Waals surface area contributed by atoms with E-state index in [1.807, 2.05) is 6.07 Å². The standard InChI is InChI=1S/C8H4I2OS/c9-5-1-4-7(11)3-12-8(4)2-6(5)10/h1-3,11H. The van der Waals surface area contributed by atoms with Crippen LogP contribution in [0.3, 0.4) is 0 Å². The predicted octanol–water partition coefficient (Wildman–Crippen LogP) is 3.82. The highest BCUT2D eigenvalue weighted by atomic mass is 127. The lowest BCUT2D eigenvalue weighted by molar-refractivity contribution is 0.483. The van der Waals surface area contributed by atoms with Gasteiger partial charge in [0.25, 0.3) is 0 Å². The molecule has 1 nitrogen and oxygen atoms in total. The van der Waals surface area contributed by atoms with Crippen molar-refractivity contribution in [3.8, 4) is 5.75 Å². The number of rotatable bonds is 0. The van der Waals surface area contributed by atoms with Crippen LogP contribution in [0.25, 0.3) is 10.1 Å².